The summed E-state index contributed by atoms with van der Waals surface area (Å²) in [5, 5.41) is 1.14. The molecule has 0 aromatic rings. The first-order valence-corrected chi connectivity index (χ1v) is 7.37. The van der Waals surface area contributed by atoms with Crippen LogP contribution in [0.5, 0.6) is 0 Å². The van der Waals surface area contributed by atoms with Crippen LogP contribution < -0.4 is 0 Å². The number of ether oxygens (including phenoxy) is 1. The van der Waals surface area contributed by atoms with Crippen molar-refractivity contribution >= 4 is 23.5 Å². The summed E-state index contributed by atoms with van der Waals surface area (Å²) in [5.41, 5.74) is 0.120. The fourth-order valence-corrected chi connectivity index (χ4v) is 4.03. The predicted molar refractivity (Wildman–Crippen MR) is 72.2 cm³/mol. The van der Waals surface area contributed by atoms with Crippen LogP contribution in [-0.2, 0) is 4.74 Å². The number of allylic oxidation sites excluding steroid dienone is 1. The van der Waals surface area contributed by atoms with Crippen molar-refractivity contribution in [3.63, 3.8) is 0 Å². The van der Waals surface area contributed by atoms with Crippen LogP contribution in [0.3, 0.4) is 0 Å². The van der Waals surface area contributed by atoms with Crippen LogP contribution in [0.15, 0.2) is 10.00 Å². The second-order valence-electron chi connectivity index (χ2n) is 5.78. The van der Waals surface area contributed by atoms with E-state index in [2.05, 4.69) is 41.5 Å². The zero-order valence-electron chi connectivity index (χ0n) is 10.6. The van der Waals surface area contributed by atoms with Gasteiger partial charge in [-0.25, -0.2) is 0 Å². The molecule has 0 amide bonds. The first-order chi connectivity index (χ1) is 6.70. The van der Waals surface area contributed by atoms with E-state index < -0.39 is 0 Å². The maximum Gasteiger partial charge on any atom is 0.164 e. The molecule has 0 bridgehead atoms. The third-order valence-corrected chi connectivity index (χ3v) is 4.67. The minimum Gasteiger partial charge on any atom is -0.481 e. The van der Waals surface area contributed by atoms with E-state index in [9.17, 15) is 0 Å². The number of rotatable bonds is 1. The lowest BCUT2D eigenvalue weighted by Crippen LogP contribution is -2.22. The SMILES string of the molecule is CC(C)(C)OC1=C(C(C)(C)C)SCCS1. The van der Waals surface area contributed by atoms with Crippen LogP contribution in [0.25, 0.3) is 0 Å². The zero-order chi connectivity index (χ0) is 11.7. The molecule has 0 aromatic heterocycles. The smallest absolute Gasteiger partial charge is 0.164 e. The molecular formula is C12H22OS2. The number of hydrogen-bond acceptors (Lipinski definition) is 3. The average Bonchev–Trinajstić information content (AvgIpc) is 1.99. The van der Waals surface area contributed by atoms with Crippen LogP contribution in [0.4, 0.5) is 0 Å². The maximum absolute atomic E-state index is 6.04. The van der Waals surface area contributed by atoms with E-state index in [0.29, 0.717) is 0 Å². The highest BCUT2D eigenvalue weighted by molar-refractivity contribution is 8.09. The first kappa shape index (κ1) is 13.3. The summed E-state index contributed by atoms with van der Waals surface area (Å²) in [4.78, 5) is 1.41. The van der Waals surface area contributed by atoms with Gasteiger partial charge in [-0.05, 0) is 26.2 Å². The van der Waals surface area contributed by atoms with Crippen LogP contribution in [-0.4, -0.2) is 17.1 Å². The van der Waals surface area contributed by atoms with Gasteiger partial charge in [0.2, 0.25) is 0 Å². The van der Waals surface area contributed by atoms with Crippen LogP contribution in [0.2, 0.25) is 0 Å². The minimum absolute atomic E-state index is 0.0866. The van der Waals surface area contributed by atoms with Gasteiger partial charge in [0.25, 0.3) is 0 Å². The molecule has 0 N–H and O–H groups in total. The number of hydrogen-bond donors (Lipinski definition) is 0. The first-order valence-electron chi connectivity index (χ1n) is 5.39. The Kier molecular flexibility index (Phi) is 4.10. The molecule has 0 aromatic carbocycles. The van der Waals surface area contributed by atoms with Gasteiger partial charge in [-0.3, -0.25) is 0 Å². The molecule has 0 aliphatic carbocycles. The highest BCUT2D eigenvalue weighted by Crippen LogP contribution is 2.45. The Morgan fingerprint density at radius 3 is 1.93 bits per heavy atom. The molecule has 1 nitrogen and oxygen atoms in total. The third-order valence-electron chi connectivity index (χ3n) is 1.83. The monoisotopic (exact) mass is 246 g/mol. The molecule has 0 unspecified atom stereocenters. The van der Waals surface area contributed by atoms with Crippen molar-refractivity contribution in [2.75, 3.05) is 11.5 Å². The predicted octanol–water partition coefficient (Wildman–Crippen LogP) is 4.50. The summed E-state index contributed by atoms with van der Waals surface area (Å²) in [7, 11) is 0. The van der Waals surface area contributed by atoms with E-state index in [1.807, 2.05) is 23.5 Å². The molecule has 88 valence electrons. The van der Waals surface area contributed by atoms with Crippen LogP contribution >= 0.6 is 23.5 Å². The third kappa shape index (κ3) is 4.31. The summed E-state index contributed by atoms with van der Waals surface area (Å²) >= 11 is 3.81. The molecule has 0 radical (unpaired) electrons. The average molecular weight is 246 g/mol. The second kappa shape index (κ2) is 4.62. The summed E-state index contributed by atoms with van der Waals surface area (Å²) in [5.74, 6) is 2.37. The Morgan fingerprint density at radius 2 is 1.47 bits per heavy atom. The van der Waals surface area contributed by atoms with Gasteiger partial charge >= 0.3 is 0 Å². The summed E-state index contributed by atoms with van der Waals surface area (Å²) in [6, 6.07) is 0. The Morgan fingerprint density at radius 1 is 0.933 bits per heavy atom. The van der Waals surface area contributed by atoms with Crippen molar-refractivity contribution < 1.29 is 4.74 Å². The molecule has 15 heavy (non-hydrogen) atoms. The summed E-state index contributed by atoms with van der Waals surface area (Å²) in [6.45, 7) is 13.1. The molecule has 0 spiro atoms. The fraction of sp³-hybridized carbons (Fsp3) is 0.833. The Bertz CT molecular complexity index is 256. The van der Waals surface area contributed by atoms with Gasteiger partial charge in [0, 0.05) is 16.4 Å². The van der Waals surface area contributed by atoms with Crippen molar-refractivity contribution in [3.05, 3.63) is 10.00 Å². The van der Waals surface area contributed by atoms with E-state index in [-0.39, 0.29) is 11.0 Å². The Balaban J connectivity index is 2.92. The van der Waals surface area contributed by atoms with Gasteiger partial charge < -0.3 is 4.74 Å². The molecule has 3 heteroatoms. The lowest BCUT2D eigenvalue weighted by Gasteiger charge is -2.32. The van der Waals surface area contributed by atoms with E-state index in [4.69, 9.17) is 4.74 Å². The largest absolute Gasteiger partial charge is 0.481 e. The summed E-state index contributed by atoms with van der Waals surface area (Å²) < 4.78 is 6.04. The molecule has 1 heterocycles. The molecule has 0 saturated carbocycles. The molecule has 1 aliphatic rings. The van der Waals surface area contributed by atoms with Gasteiger partial charge in [0.15, 0.2) is 5.09 Å². The van der Waals surface area contributed by atoms with Crippen molar-refractivity contribution in [2.45, 2.75) is 47.1 Å². The fourth-order valence-electron chi connectivity index (χ4n) is 1.28. The highest BCUT2D eigenvalue weighted by Gasteiger charge is 2.28. The molecule has 0 saturated heterocycles. The highest BCUT2D eigenvalue weighted by atomic mass is 32.2. The Hall–Kier alpha value is 0.240. The standard InChI is InChI=1S/C12H22OS2/c1-11(2,3)9-10(13-12(4,5)6)15-8-7-14-9/h7-8H2,1-6H3. The van der Waals surface area contributed by atoms with Crippen LogP contribution in [0.1, 0.15) is 41.5 Å². The van der Waals surface area contributed by atoms with E-state index in [1.165, 1.54) is 10.7 Å². The van der Waals surface area contributed by atoms with E-state index in [0.717, 1.165) is 10.8 Å². The molecular weight excluding hydrogens is 224 g/mol. The molecule has 0 fully saturated rings. The topological polar surface area (TPSA) is 9.23 Å². The normalized spacial score (nSPS) is 19.3. The lowest BCUT2D eigenvalue weighted by molar-refractivity contribution is 0.0667. The Labute approximate surface area is 102 Å². The summed E-state index contributed by atoms with van der Waals surface area (Å²) in [6.07, 6.45) is 0. The van der Waals surface area contributed by atoms with E-state index >= 15 is 0 Å². The van der Waals surface area contributed by atoms with Gasteiger partial charge in [-0.2, -0.15) is 0 Å². The number of thioether (sulfide) groups is 2. The van der Waals surface area contributed by atoms with Gasteiger partial charge in [0.1, 0.15) is 5.60 Å². The molecule has 1 aliphatic heterocycles. The van der Waals surface area contributed by atoms with Crippen LogP contribution in [0, 0.1) is 5.41 Å². The lowest BCUT2D eigenvalue weighted by atomic mass is 9.97. The van der Waals surface area contributed by atoms with E-state index in [1.54, 1.807) is 0 Å². The zero-order valence-corrected chi connectivity index (χ0v) is 12.3. The van der Waals surface area contributed by atoms with Crippen molar-refractivity contribution in [3.8, 4) is 0 Å². The van der Waals surface area contributed by atoms with Gasteiger partial charge in [-0.1, -0.05) is 32.5 Å². The van der Waals surface area contributed by atoms with Crippen molar-refractivity contribution in [1.29, 1.82) is 0 Å². The second-order valence-corrected chi connectivity index (χ2v) is 7.95. The minimum atomic E-state index is -0.0866. The van der Waals surface area contributed by atoms with Crippen molar-refractivity contribution in [2.24, 2.45) is 5.41 Å². The van der Waals surface area contributed by atoms with Gasteiger partial charge in [0.05, 0.1) is 0 Å². The molecule has 1 rings (SSSR count). The maximum atomic E-state index is 6.04. The molecule has 0 atom stereocenters. The quantitative estimate of drug-likeness (QED) is 0.674. The van der Waals surface area contributed by atoms with Crippen molar-refractivity contribution in [1.82, 2.24) is 0 Å². The van der Waals surface area contributed by atoms with Gasteiger partial charge in [-0.15, -0.1) is 11.8 Å².